The van der Waals surface area contributed by atoms with Crippen LogP contribution in [0.2, 0.25) is 0 Å². The molecule has 0 saturated carbocycles. The van der Waals surface area contributed by atoms with Gasteiger partial charge in [-0.05, 0) is 6.07 Å². The summed E-state index contributed by atoms with van der Waals surface area (Å²) in [5.74, 6) is -0.510. The van der Waals surface area contributed by atoms with Gasteiger partial charge in [-0.2, -0.15) is 4.73 Å². The van der Waals surface area contributed by atoms with Crippen LogP contribution in [-0.2, 0) is 22.7 Å². The number of rotatable bonds is 1. The van der Waals surface area contributed by atoms with Gasteiger partial charge in [-0.25, -0.2) is 4.79 Å². The Bertz CT molecular complexity index is 389. The molecule has 14 heavy (non-hydrogen) atoms. The minimum atomic E-state index is -0.510. The fraction of sp³-hybridized carbons (Fsp3) is 0.333. The summed E-state index contributed by atoms with van der Waals surface area (Å²) in [5, 5.41) is 11.4. The molecule has 1 aliphatic rings. The second kappa shape index (κ2) is 3.26. The maximum atomic E-state index is 11.4. The fourth-order valence-corrected chi connectivity index (χ4v) is 1.42. The lowest BCUT2D eigenvalue weighted by Gasteiger charge is -2.03. The first-order chi connectivity index (χ1) is 6.72. The molecule has 0 saturated heterocycles. The maximum Gasteiger partial charge on any atom is 0.344 e. The molecule has 1 aliphatic heterocycles. The van der Waals surface area contributed by atoms with Gasteiger partial charge in [-0.3, -0.25) is 0 Å². The van der Waals surface area contributed by atoms with Gasteiger partial charge in [0.25, 0.3) is 0 Å². The van der Waals surface area contributed by atoms with Gasteiger partial charge in [0, 0.05) is 5.56 Å². The van der Waals surface area contributed by atoms with Crippen LogP contribution >= 0.6 is 0 Å². The number of nitrogens with zero attached hydrogens (tertiary/aromatic N) is 1. The monoisotopic (exact) mass is 195 g/mol. The van der Waals surface area contributed by atoms with Gasteiger partial charge in [-0.1, -0.05) is 0 Å². The largest absolute Gasteiger partial charge is 0.618 e. The summed E-state index contributed by atoms with van der Waals surface area (Å²) in [4.78, 5) is 11.2. The standard InChI is InChI=1S/C9H9NO4/c1-13-9(11)6-2-7-4-14-5-8(7)10(12)3-6/h2-3H,4-5H2,1H3. The van der Waals surface area contributed by atoms with Crippen molar-refractivity contribution in [3.8, 4) is 0 Å². The van der Waals surface area contributed by atoms with Gasteiger partial charge in [0.1, 0.15) is 12.2 Å². The molecule has 1 aromatic rings. The van der Waals surface area contributed by atoms with E-state index in [1.54, 1.807) is 6.07 Å². The number of hydrogen-bond acceptors (Lipinski definition) is 4. The average Bonchev–Trinajstić information content (AvgIpc) is 2.64. The van der Waals surface area contributed by atoms with Gasteiger partial charge >= 0.3 is 5.97 Å². The third kappa shape index (κ3) is 1.31. The van der Waals surface area contributed by atoms with Crippen LogP contribution in [0.15, 0.2) is 12.3 Å². The molecular formula is C9H9NO4. The van der Waals surface area contributed by atoms with E-state index in [4.69, 9.17) is 4.74 Å². The lowest BCUT2D eigenvalue weighted by Crippen LogP contribution is -2.32. The zero-order valence-corrected chi connectivity index (χ0v) is 7.65. The third-order valence-corrected chi connectivity index (χ3v) is 2.14. The quantitative estimate of drug-likeness (QED) is 0.363. The van der Waals surface area contributed by atoms with E-state index >= 15 is 0 Å². The number of ether oxygens (including phenoxy) is 2. The van der Waals surface area contributed by atoms with Crippen LogP contribution in [0.3, 0.4) is 0 Å². The molecule has 1 aromatic heterocycles. The Morgan fingerprint density at radius 3 is 3.14 bits per heavy atom. The first-order valence-electron chi connectivity index (χ1n) is 4.13. The molecule has 2 rings (SSSR count). The van der Waals surface area contributed by atoms with Crippen LogP contribution in [-0.4, -0.2) is 13.1 Å². The van der Waals surface area contributed by atoms with Gasteiger partial charge in [0.15, 0.2) is 6.20 Å². The molecule has 0 aliphatic carbocycles. The molecule has 0 amide bonds. The van der Waals surface area contributed by atoms with Crippen molar-refractivity contribution in [2.45, 2.75) is 13.2 Å². The Morgan fingerprint density at radius 2 is 2.43 bits per heavy atom. The molecule has 0 atom stereocenters. The zero-order valence-electron chi connectivity index (χ0n) is 7.65. The van der Waals surface area contributed by atoms with Crippen molar-refractivity contribution in [1.29, 1.82) is 0 Å². The number of fused-ring (bicyclic) bond motifs is 1. The summed E-state index contributed by atoms with van der Waals surface area (Å²) >= 11 is 0. The van der Waals surface area contributed by atoms with E-state index < -0.39 is 5.97 Å². The van der Waals surface area contributed by atoms with Crippen LogP contribution in [0.5, 0.6) is 0 Å². The van der Waals surface area contributed by atoms with E-state index in [0.29, 0.717) is 23.6 Å². The molecule has 2 heterocycles. The normalized spacial score (nSPS) is 13.8. The minimum Gasteiger partial charge on any atom is -0.618 e. The van der Waals surface area contributed by atoms with Gasteiger partial charge < -0.3 is 14.7 Å². The van der Waals surface area contributed by atoms with Crippen molar-refractivity contribution >= 4 is 5.97 Å². The highest BCUT2D eigenvalue weighted by molar-refractivity contribution is 5.88. The van der Waals surface area contributed by atoms with Gasteiger partial charge in [0.2, 0.25) is 5.69 Å². The number of aromatic nitrogens is 1. The van der Waals surface area contributed by atoms with Crippen LogP contribution in [0.1, 0.15) is 21.6 Å². The first-order valence-corrected chi connectivity index (χ1v) is 4.13. The summed E-state index contributed by atoms with van der Waals surface area (Å²) in [7, 11) is 1.28. The third-order valence-electron chi connectivity index (χ3n) is 2.14. The molecule has 0 N–H and O–H groups in total. The lowest BCUT2D eigenvalue weighted by atomic mass is 10.1. The predicted octanol–water partition coefficient (Wildman–Crippen LogP) is 0.137. The van der Waals surface area contributed by atoms with Crippen molar-refractivity contribution in [2.75, 3.05) is 7.11 Å². The predicted molar refractivity (Wildman–Crippen MR) is 45.2 cm³/mol. The van der Waals surface area contributed by atoms with Crippen LogP contribution < -0.4 is 4.73 Å². The van der Waals surface area contributed by atoms with Gasteiger partial charge in [0.05, 0.1) is 13.7 Å². The maximum absolute atomic E-state index is 11.4. The molecule has 0 aromatic carbocycles. The van der Waals surface area contributed by atoms with Crippen molar-refractivity contribution < 1.29 is 19.0 Å². The molecule has 5 nitrogen and oxygen atoms in total. The summed E-state index contributed by atoms with van der Waals surface area (Å²) in [6, 6.07) is 1.63. The van der Waals surface area contributed by atoms with E-state index in [1.807, 2.05) is 0 Å². The summed E-state index contributed by atoms with van der Waals surface area (Å²) in [6.45, 7) is 0.683. The van der Waals surface area contributed by atoms with E-state index in [0.717, 1.165) is 5.56 Å². The highest BCUT2D eigenvalue weighted by atomic mass is 16.5. The Morgan fingerprint density at radius 1 is 1.64 bits per heavy atom. The lowest BCUT2D eigenvalue weighted by molar-refractivity contribution is -0.615. The summed E-state index contributed by atoms with van der Waals surface area (Å²) < 4.78 is 10.3. The summed E-state index contributed by atoms with van der Waals surface area (Å²) in [5.41, 5.74) is 1.58. The number of hydrogen-bond donors (Lipinski definition) is 0. The van der Waals surface area contributed by atoms with Gasteiger partial charge in [-0.15, -0.1) is 0 Å². The Balaban J connectivity index is 2.46. The highest BCUT2D eigenvalue weighted by Gasteiger charge is 2.23. The smallest absolute Gasteiger partial charge is 0.344 e. The van der Waals surface area contributed by atoms with E-state index in [1.165, 1.54) is 13.3 Å². The van der Waals surface area contributed by atoms with Crippen molar-refractivity contribution in [2.24, 2.45) is 0 Å². The first kappa shape index (κ1) is 8.96. The molecule has 0 spiro atoms. The zero-order chi connectivity index (χ0) is 10.1. The Labute approximate surface area is 80.5 Å². The molecule has 0 unspecified atom stereocenters. The molecule has 0 bridgehead atoms. The second-order valence-electron chi connectivity index (χ2n) is 3.01. The molecular weight excluding hydrogens is 186 g/mol. The molecule has 5 heteroatoms. The van der Waals surface area contributed by atoms with Crippen molar-refractivity contribution in [3.63, 3.8) is 0 Å². The van der Waals surface area contributed by atoms with E-state index in [9.17, 15) is 10.0 Å². The molecule has 74 valence electrons. The van der Waals surface area contributed by atoms with Crippen LogP contribution in [0.25, 0.3) is 0 Å². The number of pyridine rings is 1. The Hall–Kier alpha value is -1.62. The van der Waals surface area contributed by atoms with Crippen molar-refractivity contribution in [1.82, 2.24) is 0 Å². The highest BCUT2D eigenvalue weighted by Crippen LogP contribution is 2.17. The minimum absolute atomic E-state index is 0.256. The topological polar surface area (TPSA) is 62.5 Å². The van der Waals surface area contributed by atoms with Crippen LogP contribution in [0, 0.1) is 5.21 Å². The average molecular weight is 195 g/mol. The second-order valence-corrected chi connectivity index (χ2v) is 3.01. The van der Waals surface area contributed by atoms with Crippen LogP contribution in [0.4, 0.5) is 0 Å². The fourth-order valence-electron chi connectivity index (χ4n) is 1.42. The number of carbonyl (C=O) groups is 1. The Kier molecular flexibility index (Phi) is 2.09. The number of esters is 1. The SMILES string of the molecule is COC(=O)c1cc2c([n+]([O-])c1)COC2. The summed E-state index contributed by atoms with van der Waals surface area (Å²) in [6.07, 6.45) is 1.21. The van der Waals surface area contributed by atoms with E-state index in [-0.39, 0.29) is 5.56 Å². The number of carbonyl (C=O) groups excluding carboxylic acids is 1. The molecule has 0 fully saturated rings. The molecule has 0 radical (unpaired) electrons. The van der Waals surface area contributed by atoms with E-state index in [2.05, 4.69) is 4.74 Å². The van der Waals surface area contributed by atoms with Crippen molar-refractivity contribution in [3.05, 3.63) is 34.3 Å². The number of methoxy groups -OCH3 is 1.